The SMILES string of the molecule is CCCCOc1ccc([C@H]2Oc3c(OC)cccc3[C@H]3CC(c4ccccc4)=NN32)cc1. The van der Waals surface area contributed by atoms with Crippen LogP contribution in [0.3, 0.4) is 0 Å². The first-order chi connectivity index (χ1) is 15.8. The number of benzene rings is 3. The summed E-state index contributed by atoms with van der Waals surface area (Å²) in [6, 6.07) is 24.7. The van der Waals surface area contributed by atoms with Crippen molar-refractivity contribution in [1.82, 2.24) is 5.01 Å². The third-order valence-electron chi connectivity index (χ3n) is 6.04. The summed E-state index contributed by atoms with van der Waals surface area (Å²) in [5, 5.41) is 7.12. The lowest BCUT2D eigenvalue weighted by Crippen LogP contribution is -2.33. The topological polar surface area (TPSA) is 43.3 Å². The predicted molar refractivity (Wildman–Crippen MR) is 125 cm³/mol. The second-order valence-corrected chi connectivity index (χ2v) is 8.13. The molecule has 0 aromatic heterocycles. The summed E-state index contributed by atoms with van der Waals surface area (Å²) in [4.78, 5) is 0. The molecule has 0 N–H and O–H groups in total. The van der Waals surface area contributed by atoms with Crippen molar-refractivity contribution < 1.29 is 14.2 Å². The normalized spacial score (nSPS) is 18.9. The van der Waals surface area contributed by atoms with Crippen molar-refractivity contribution in [2.45, 2.75) is 38.5 Å². The van der Waals surface area contributed by atoms with Gasteiger partial charge in [-0.1, -0.05) is 55.8 Å². The van der Waals surface area contributed by atoms with E-state index in [-0.39, 0.29) is 12.3 Å². The number of fused-ring (bicyclic) bond motifs is 3. The van der Waals surface area contributed by atoms with Crippen molar-refractivity contribution in [3.63, 3.8) is 0 Å². The average Bonchev–Trinajstić information content (AvgIpc) is 3.30. The van der Waals surface area contributed by atoms with Crippen LogP contribution >= 0.6 is 0 Å². The van der Waals surface area contributed by atoms with Crippen LogP contribution in [0.5, 0.6) is 17.2 Å². The van der Waals surface area contributed by atoms with E-state index in [4.69, 9.17) is 19.3 Å². The first-order valence-corrected chi connectivity index (χ1v) is 11.3. The summed E-state index contributed by atoms with van der Waals surface area (Å²) in [6.07, 6.45) is 2.65. The van der Waals surface area contributed by atoms with Gasteiger partial charge in [0.15, 0.2) is 11.5 Å². The molecule has 0 saturated heterocycles. The maximum atomic E-state index is 6.53. The lowest BCUT2D eigenvalue weighted by atomic mass is 9.95. The molecule has 0 unspecified atom stereocenters. The second kappa shape index (κ2) is 8.95. The number of methoxy groups -OCH3 is 1. The molecule has 5 nitrogen and oxygen atoms in total. The number of para-hydroxylation sites is 1. The number of ether oxygens (including phenoxy) is 3. The van der Waals surface area contributed by atoms with Gasteiger partial charge in [-0.3, -0.25) is 0 Å². The maximum Gasteiger partial charge on any atom is 0.214 e. The molecule has 3 aromatic carbocycles. The zero-order valence-electron chi connectivity index (χ0n) is 18.5. The van der Waals surface area contributed by atoms with Crippen LogP contribution in [0.2, 0.25) is 0 Å². The van der Waals surface area contributed by atoms with Crippen LogP contribution in [0.25, 0.3) is 0 Å². The lowest BCUT2D eigenvalue weighted by Gasteiger charge is -2.38. The van der Waals surface area contributed by atoms with E-state index in [0.29, 0.717) is 0 Å². The smallest absolute Gasteiger partial charge is 0.214 e. The first-order valence-electron chi connectivity index (χ1n) is 11.3. The Hall–Kier alpha value is -3.47. The molecule has 0 spiro atoms. The number of hydrogen-bond donors (Lipinski definition) is 0. The highest BCUT2D eigenvalue weighted by molar-refractivity contribution is 6.01. The van der Waals surface area contributed by atoms with Gasteiger partial charge in [0, 0.05) is 17.5 Å². The van der Waals surface area contributed by atoms with E-state index in [1.165, 1.54) is 0 Å². The van der Waals surface area contributed by atoms with Crippen LogP contribution in [-0.4, -0.2) is 24.4 Å². The van der Waals surface area contributed by atoms with Crippen molar-refractivity contribution in [3.8, 4) is 17.2 Å². The van der Waals surface area contributed by atoms with E-state index >= 15 is 0 Å². The Bertz CT molecular complexity index is 1100. The van der Waals surface area contributed by atoms with E-state index in [1.807, 2.05) is 30.3 Å². The fourth-order valence-electron chi connectivity index (χ4n) is 4.33. The summed E-state index contributed by atoms with van der Waals surface area (Å²) in [5.74, 6) is 2.43. The van der Waals surface area contributed by atoms with Crippen molar-refractivity contribution >= 4 is 5.71 Å². The molecule has 0 amide bonds. The number of rotatable bonds is 7. The molecule has 32 heavy (non-hydrogen) atoms. The Morgan fingerprint density at radius 1 is 1.00 bits per heavy atom. The van der Waals surface area contributed by atoms with Gasteiger partial charge in [-0.05, 0) is 42.3 Å². The van der Waals surface area contributed by atoms with Gasteiger partial charge in [0.05, 0.1) is 25.5 Å². The van der Waals surface area contributed by atoms with Crippen molar-refractivity contribution in [2.24, 2.45) is 5.10 Å². The van der Waals surface area contributed by atoms with Crippen molar-refractivity contribution in [3.05, 3.63) is 89.5 Å². The monoisotopic (exact) mass is 428 g/mol. The molecule has 0 radical (unpaired) electrons. The minimum absolute atomic E-state index is 0.0922. The van der Waals surface area contributed by atoms with Gasteiger partial charge in [0.25, 0.3) is 0 Å². The van der Waals surface area contributed by atoms with Gasteiger partial charge < -0.3 is 14.2 Å². The summed E-state index contributed by atoms with van der Waals surface area (Å²) < 4.78 is 18.0. The summed E-state index contributed by atoms with van der Waals surface area (Å²) in [7, 11) is 1.68. The van der Waals surface area contributed by atoms with Crippen LogP contribution in [0.15, 0.2) is 77.9 Å². The minimum Gasteiger partial charge on any atom is -0.494 e. The molecular weight excluding hydrogens is 400 g/mol. The van der Waals surface area contributed by atoms with Crippen LogP contribution in [-0.2, 0) is 0 Å². The fourth-order valence-corrected chi connectivity index (χ4v) is 4.33. The van der Waals surface area contributed by atoms with Crippen LogP contribution < -0.4 is 14.2 Å². The Morgan fingerprint density at radius 2 is 1.81 bits per heavy atom. The number of unbranched alkanes of at least 4 members (excludes halogenated alkanes) is 1. The Balaban J connectivity index is 1.50. The van der Waals surface area contributed by atoms with E-state index in [9.17, 15) is 0 Å². The van der Waals surface area contributed by atoms with E-state index in [2.05, 4.69) is 54.4 Å². The summed E-state index contributed by atoms with van der Waals surface area (Å²) in [6.45, 7) is 2.90. The molecular formula is C27H28N2O3. The second-order valence-electron chi connectivity index (χ2n) is 8.13. The molecule has 2 aliphatic rings. The molecule has 0 saturated carbocycles. The van der Waals surface area contributed by atoms with Crippen LogP contribution in [0.1, 0.15) is 55.1 Å². The molecule has 5 rings (SSSR count). The van der Waals surface area contributed by atoms with Gasteiger partial charge in [-0.2, -0.15) is 5.10 Å². The molecule has 2 atom stereocenters. The Morgan fingerprint density at radius 3 is 2.56 bits per heavy atom. The molecule has 0 aliphatic carbocycles. The average molecular weight is 429 g/mol. The number of nitrogens with zero attached hydrogens (tertiary/aromatic N) is 2. The standard InChI is InChI=1S/C27H28N2O3/c1-3-4-17-31-21-15-13-20(14-16-21)27-29-24(18-23(28-29)19-9-6-5-7-10-19)22-11-8-12-25(30-2)26(22)32-27/h5-16,24,27H,3-4,17-18H2,1-2H3/t24-,27-/m1/s1. The minimum atomic E-state index is -0.338. The third-order valence-corrected chi connectivity index (χ3v) is 6.04. The molecule has 0 fully saturated rings. The molecule has 164 valence electrons. The van der Waals surface area contributed by atoms with Gasteiger partial charge in [0.1, 0.15) is 5.75 Å². The highest BCUT2D eigenvalue weighted by atomic mass is 16.5. The quantitative estimate of drug-likeness (QED) is 0.426. The fraction of sp³-hybridized carbons (Fsp3) is 0.296. The zero-order valence-corrected chi connectivity index (χ0v) is 18.5. The highest BCUT2D eigenvalue weighted by Gasteiger charge is 2.42. The van der Waals surface area contributed by atoms with Gasteiger partial charge in [0.2, 0.25) is 6.23 Å². The third kappa shape index (κ3) is 3.79. The molecule has 2 heterocycles. The Labute approximate surface area is 189 Å². The lowest BCUT2D eigenvalue weighted by molar-refractivity contribution is -0.0209. The summed E-state index contributed by atoms with van der Waals surface area (Å²) >= 11 is 0. The van der Waals surface area contributed by atoms with Crippen molar-refractivity contribution in [2.75, 3.05) is 13.7 Å². The zero-order chi connectivity index (χ0) is 21.9. The summed E-state index contributed by atoms with van der Waals surface area (Å²) in [5.41, 5.74) is 4.35. The van der Waals surface area contributed by atoms with Gasteiger partial charge >= 0.3 is 0 Å². The molecule has 5 heteroatoms. The number of hydrogen-bond acceptors (Lipinski definition) is 5. The van der Waals surface area contributed by atoms with Crippen LogP contribution in [0.4, 0.5) is 0 Å². The molecule has 2 aliphatic heterocycles. The van der Waals surface area contributed by atoms with Gasteiger partial charge in [-0.15, -0.1) is 0 Å². The molecule has 3 aromatic rings. The molecule has 0 bridgehead atoms. The van der Waals surface area contributed by atoms with E-state index in [0.717, 1.165) is 65.5 Å². The van der Waals surface area contributed by atoms with Crippen LogP contribution in [0, 0.1) is 0 Å². The maximum absolute atomic E-state index is 6.53. The predicted octanol–water partition coefficient (Wildman–Crippen LogP) is 6.12. The largest absolute Gasteiger partial charge is 0.494 e. The van der Waals surface area contributed by atoms with Gasteiger partial charge in [-0.25, -0.2) is 5.01 Å². The highest BCUT2D eigenvalue weighted by Crippen LogP contribution is 2.50. The van der Waals surface area contributed by atoms with E-state index in [1.54, 1.807) is 7.11 Å². The Kier molecular flexibility index (Phi) is 5.71. The van der Waals surface area contributed by atoms with E-state index < -0.39 is 0 Å². The first kappa shape index (κ1) is 20.4. The van der Waals surface area contributed by atoms with Crippen molar-refractivity contribution in [1.29, 1.82) is 0 Å². The number of hydrazone groups is 1.